The highest BCUT2D eigenvalue weighted by Gasteiger charge is 2.11. The minimum Gasteiger partial charge on any atom is -0.214 e. The predicted molar refractivity (Wildman–Crippen MR) is 56.3 cm³/mol. The lowest BCUT2D eigenvalue weighted by molar-refractivity contribution is 0.579. The molecule has 0 saturated carbocycles. The van der Waals surface area contributed by atoms with Gasteiger partial charge in [0, 0.05) is 17.2 Å². The Kier molecular flexibility index (Phi) is 5.96. The lowest BCUT2D eigenvalue weighted by atomic mass is 10.4. The van der Waals surface area contributed by atoms with Crippen LogP contribution in [0.5, 0.6) is 0 Å². The quantitative estimate of drug-likeness (QED) is 0.669. The number of unbranched alkanes of at least 4 members (excludes halogenated alkanes) is 1. The van der Waals surface area contributed by atoms with Gasteiger partial charge in [-0.3, -0.25) is 0 Å². The summed E-state index contributed by atoms with van der Waals surface area (Å²) in [6.45, 7) is 1.70. The molecule has 0 amide bonds. The van der Waals surface area contributed by atoms with Gasteiger partial charge in [0.1, 0.15) is 0 Å². The van der Waals surface area contributed by atoms with Crippen LogP contribution < -0.4 is 4.72 Å². The Bertz CT molecular complexity index is 348. The first-order chi connectivity index (χ1) is 6.27. The Balaban J connectivity index is 3.89. The van der Waals surface area contributed by atoms with Gasteiger partial charge in [0.2, 0.25) is 19.1 Å². The van der Waals surface area contributed by atoms with Crippen LogP contribution in [0.15, 0.2) is 0 Å². The number of sulfonamides is 1. The molecule has 0 unspecified atom stereocenters. The summed E-state index contributed by atoms with van der Waals surface area (Å²) in [5.41, 5.74) is 0. The van der Waals surface area contributed by atoms with Crippen molar-refractivity contribution in [3.05, 3.63) is 0 Å². The summed E-state index contributed by atoms with van der Waals surface area (Å²) in [5.74, 6) is -0.369. The van der Waals surface area contributed by atoms with Crippen molar-refractivity contribution in [2.45, 2.75) is 19.8 Å². The van der Waals surface area contributed by atoms with E-state index in [1.54, 1.807) is 0 Å². The minimum absolute atomic E-state index is 0.0197. The van der Waals surface area contributed by atoms with Gasteiger partial charge in [0.15, 0.2) is 0 Å². The highest BCUT2D eigenvalue weighted by molar-refractivity contribution is 8.13. The summed E-state index contributed by atoms with van der Waals surface area (Å²) >= 11 is 0. The monoisotopic (exact) mass is 263 g/mol. The molecular weight excluding hydrogens is 250 g/mol. The van der Waals surface area contributed by atoms with Gasteiger partial charge in [0.05, 0.1) is 11.5 Å². The third kappa shape index (κ3) is 8.74. The van der Waals surface area contributed by atoms with E-state index >= 15 is 0 Å². The van der Waals surface area contributed by atoms with E-state index in [4.69, 9.17) is 10.7 Å². The number of nitrogens with one attached hydrogen (secondary N) is 1. The molecular formula is C6H14ClNO4S2. The molecule has 1 N–H and O–H groups in total. The Morgan fingerprint density at radius 3 is 2.14 bits per heavy atom. The highest BCUT2D eigenvalue weighted by atomic mass is 35.7. The van der Waals surface area contributed by atoms with Crippen molar-refractivity contribution < 1.29 is 16.8 Å². The van der Waals surface area contributed by atoms with Gasteiger partial charge in [-0.2, -0.15) is 0 Å². The predicted octanol–water partition coefficient (Wildman–Crippen LogP) is 0.275. The second-order valence-electron chi connectivity index (χ2n) is 2.81. The van der Waals surface area contributed by atoms with Crippen LogP contribution in [0, 0.1) is 0 Å². The number of rotatable bonds is 7. The highest BCUT2D eigenvalue weighted by Crippen LogP contribution is 1.96. The lowest BCUT2D eigenvalue weighted by Gasteiger charge is -2.03. The molecule has 0 aromatic heterocycles. The van der Waals surface area contributed by atoms with E-state index in [0.29, 0.717) is 6.42 Å². The topological polar surface area (TPSA) is 80.3 Å². The molecule has 0 fully saturated rings. The van der Waals surface area contributed by atoms with Crippen molar-refractivity contribution in [2.75, 3.05) is 18.1 Å². The molecule has 5 nitrogen and oxygen atoms in total. The van der Waals surface area contributed by atoms with E-state index in [2.05, 4.69) is 4.72 Å². The van der Waals surface area contributed by atoms with Crippen LogP contribution >= 0.6 is 10.7 Å². The number of hydrogen-bond acceptors (Lipinski definition) is 4. The van der Waals surface area contributed by atoms with Crippen molar-refractivity contribution >= 4 is 29.8 Å². The molecule has 86 valence electrons. The summed E-state index contributed by atoms with van der Waals surface area (Å²) in [4.78, 5) is 0. The van der Waals surface area contributed by atoms with E-state index in [1.165, 1.54) is 0 Å². The number of hydrogen-bond donors (Lipinski definition) is 1. The largest absolute Gasteiger partial charge is 0.233 e. The lowest BCUT2D eigenvalue weighted by Crippen LogP contribution is -2.30. The summed E-state index contributed by atoms with van der Waals surface area (Å²) in [6.07, 6.45) is 1.33. The van der Waals surface area contributed by atoms with Crippen LogP contribution in [0.25, 0.3) is 0 Å². The standard InChI is InChI=1S/C6H14ClNO4S2/c1-2-3-5-14(11,12)8-4-6-13(7,9)10/h8H,2-6H2,1H3. The van der Waals surface area contributed by atoms with Crippen molar-refractivity contribution in [1.29, 1.82) is 0 Å². The van der Waals surface area contributed by atoms with E-state index in [1.807, 2.05) is 6.92 Å². The molecule has 0 atom stereocenters. The van der Waals surface area contributed by atoms with Gasteiger partial charge >= 0.3 is 0 Å². The van der Waals surface area contributed by atoms with Crippen molar-refractivity contribution in [3.63, 3.8) is 0 Å². The molecule has 0 spiro atoms. The minimum atomic E-state index is -3.62. The molecule has 0 bridgehead atoms. The average molecular weight is 264 g/mol. The van der Waals surface area contributed by atoms with Crippen molar-refractivity contribution in [3.8, 4) is 0 Å². The molecule has 0 saturated heterocycles. The molecule has 0 aliphatic carbocycles. The van der Waals surface area contributed by atoms with Gasteiger partial charge in [-0.25, -0.2) is 21.6 Å². The van der Waals surface area contributed by atoms with Crippen LogP contribution in [-0.4, -0.2) is 34.9 Å². The Hall–Kier alpha value is 0.150. The third-order valence-electron chi connectivity index (χ3n) is 1.43. The maximum Gasteiger partial charge on any atom is 0.233 e. The second-order valence-corrected chi connectivity index (χ2v) is 7.63. The van der Waals surface area contributed by atoms with Crippen LogP contribution in [0.3, 0.4) is 0 Å². The molecule has 0 aliphatic heterocycles. The fraction of sp³-hybridized carbons (Fsp3) is 1.00. The summed E-state index contributed by atoms with van der Waals surface area (Å²) in [6, 6.07) is 0. The average Bonchev–Trinajstić information content (AvgIpc) is 1.98. The smallest absolute Gasteiger partial charge is 0.214 e. The van der Waals surface area contributed by atoms with E-state index in [-0.39, 0.29) is 18.1 Å². The third-order valence-corrected chi connectivity index (χ3v) is 4.06. The van der Waals surface area contributed by atoms with Gasteiger partial charge < -0.3 is 0 Å². The summed E-state index contributed by atoms with van der Waals surface area (Å²) in [7, 11) is -2.06. The maximum absolute atomic E-state index is 11.1. The Morgan fingerprint density at radius 2 is 1.71 bits per heavy atom. The molecule has 0 heterocycles. The zero-order valence-electron chi connectivity index (χ0n) is 7.86. The summed E-state index contributed by atoms with van der Waals surface area (Å²) in [5, 5.41) is 0. The van der Waals surface area contributed by atoms with Gasteiger partial charge in [-0.05, 0) is 6.42 Å². The molecule has 0 radical (unpaired) electrons. The SMILES string of the molecule is CCCCS(=O)(=O)NCCS(=O)(=O)Cl. The normalized spacial score (nSPS) is 13.0. The van der Waals surface area contributed by atoms with Crippen LogP contribution in [0.1, 0.15) is 19.8 Å². The van der Waals surface area contributed by atoms with E-state index in [0.717, 1.165) is 6.42 Å². The number of halogens is 1. The summed E-state index contributed by atoms with van der Waals surface area (Å²) < 4.78 is 45.3. The zero-order valence-corrected chi connectivity index (χ0v) is 10.3. The molecule has 8 heteroatoms. The molecule has 0 aromatic rings. The van der Waals surface area contributed by atoms with E-state index in [9.17, 15) is 16.8 Å². The first kappa shape index (κ1) is 14.2. The molecule has 0 aromatic carbocycles. The van der Waals surface area contributed by atoms with Crippen LogP contribution in [0.4, 0.5) is 0 Å². The van der Waals surface area contributed by atoms with E-state index < -0.39 is 19.1 Å². The van der Waals surface area contributed by atoms with Crippen LogP contribution in [0.2, 0.25) is 0 Å². The zero-order chi connectivity index (χ0) is 11.2. The Morgan fingerprint density at radius 1 is 1.14 bits per heavy atom. The van der Waals surface area contributed by atoms with Gasteiger partial charge in [-0.1, -0.05) is 13.3 Å². The van der Waals surface area contributed by atoms with Crippen LogP contribution in [-0.2, 0) is 19.1 Å². The van der Waals surface area contributed by atoms with Gasteiger partial charge in [0.25, 0.3) is 0 Å². The van der Waals surface area contributed by atoms with Crippen molar-refractivity contribution in [2.24, 2.45) is 0 Å². The molecule has 14 heavy (non-hydrogen) atoms. The van der Waals surface area contributed by atoms with Crippen molar-refractivity contribution in [1.82, 2.24) is 4.72 Å². The maximum atomic E-state index is 11.1. The Labute approximate surface area is 89.3 Å². The second kappa shape index (κ2) is 5.89. The first-order valence-electron chi connectivity index (χ1n) is 4.16. The molecule has 0 rings (SSSR count). The first-order valence-corrected chi connectivity index (χ1v) is 8.29. The fourth-order valence-corrected chi connectivity index (χ4v) is 2.66. The fourth-order valence-electron chi connectivity index (χ4n) is 0.726. The van der Waals surface area contributed by atoms with Gasteiger partial charge in [-0.15, -0.1) is 0 Å². The molecule has 0 aliphatic rings.